The van der Waals surface area contributed by atoms with E-state index in [1.54, 1.807) is 0 Å². The molecule has 0 radical (unpaired) electrons. The van der Waals surface area contributed by atoms with Gasteiger partial charge in [-0.15, -0.1) is 0 Å². The fraction of sp³-hybridized carbons (Fsp3) is 0.562. The quantitative estimate of drug-likeness (QED) is 0.805. The minimum Gasteiger partial charge on any atom is -0.392 e. The summed E-state index contributed by atoms with van der Waals surface area (Å²) in [5, 5.41) is 9.81. The maximum atomic E-state index is 12.8. The molecular formula is C16H23FN2O2. The molecule has 5 heteroatoms. The van der Waals surface area contributed by atoms with E-state index >= 15 is 0 Å². The fourth-order valence-electron chi connectivity index (χ4n) is 2.87. The van der Waals surface area contributed by atoms with Gasteiger partial charge in [-0.3, -0.25) is 9.69 Å². The van der Waals surface area contributed by atoms with E-state index in [-0.39, 0.29) is 23.7 Å². The van der Waals surface area contributed by atoms with E-state index in [9.17, 15) is 14.3 Å². The van der Waals surface area contributed by atoms with Gasteiger partial charge in [0, 0.05) is 37.7 Å². The van der Waals surface area contributed by atoms with E-state index in [0.717, 1.165) is 13.0 Å². The molecule has 2 rings (SSSR count). The number of carbonyl (C=O) groups excluding carboxylic acids is 1. The highest BCUT2D eigenvalue weighted by Crippen LogP contribution is 2.19. The normalized spacial score (nSPS) is 22.9. The van der Waals surface area contributed by atoms with Crippen molar-refractivity contribution in [2.24, 2.45) is 0 Å². The molecule has 0 aromatic heterocycles. The number of ketones is 1. The van der Waals surface area contributed by atoms with E-state index in [0.29, 0.717) is 25.1 Å². The highest BCUT2D eigenvalue weighted by molar-refractivity contribution is 5.96. The number of rotatable bonds is 6. The third kappa shape index (κ3) is 4.59. The summed E-state index contributed by atoms with van der Waals surface area (Å²) in [6, 6.07) is 5.95. The molecule has 4 nitrogen and oxygen atoms in total. The van der Waals surface area contributed by atoms with Crippen molar-refractivity contribution in [3.63, 3.8) is 0 Å². The molecule has 1 aromatic carbocycles. The maximum absolute atomic E-state index is 12.8. The molecule has 1 fully saturated rings. The first-order valence-electron chi connectivity index (χ1n) is 7.31. The Bertz CT molecular complexity index is 476. The number of Topliss-reactive ketones (excluding diaryl/α,β-unsaturated/α-hetero) is 1. The van der Waals surface area contributed by atoms with Crippen LogP contribution in [0.25, 0.3) is 0 Å². The van der Waals surface area contributed by atoms with Gasteiger partial charge in [0.05, 0.1) is 6.10 Å². The van der Waals surface area contributed by atoms with Gasteiger partial charge < -0.3 is 10.0 Å². The van der Waals surface area contributed by atoms with Crippen molar-refractivity contribution in [3.8, 4) is 0 Å². The van der Waals surface area contributed by atoms with Crippen molar-refractivity contribution in [1.82, 2.24) is 9.80 Å². The van der Waals surface area contributed by atoms with Crippen LogP contribution in [0.3, 0.4) is 0 Å². The molecule has 1 heterocycles. The standard InChI is InChI=1S/C16H23FN2O2/c1-18(2)10-14-9-15(20)11-19(14)8-7-16(21)12-3-5-13(17)6-4-12/h3-6,14-15,20H,7-11H2,1-2H3. The Hall–Kier alpha value is -1.30. The van der Waals surface area contributed by atoms with Gasteiger partial charge in [-0.2, -0.15) is 0 Å². The van der Waals surface area contributed by atoms with Crippen molar-refractivity contribution >= 4 is 5.78 Å². The van der Waals surface area contributed by atoms with Crippen LogP contribution in [0, 0.1) is 5.82 Å². The lowest BCUT2D eigenvalue weighted by atomic mass is 10.1. The second-order valence-corrected chi connectivity index (χ2v) is 5.98. The van der Waals surface area contributed by atoms with Crippen LogP contribution in [0.15, 0.2) is 24.3 Å². The number of likely N-dealkylation sites (tertiary alicyclic amines) is 1. The number of carbonyl (C=O) groups is 1. The van der Waals surface area contributed by atoms with Crippen LogP contribution in [0.1, 0.15) is 23.2 Å². The molecule has 1 aromatic rings. The summed E-state index contributed by atoms with van der Waals surface area (Å²) in [5.74, 6) is -0.319. The minimum atomic E-state index is -0.333. The number of halogens is 1. The number of aliphatic hydroxyl groups is 1. The molecule has 0 spiro atoms. The lowest BCUT2D eigenvalue weighted by Gasteiger charge is -2.26. The SMILES string of the molecule is CN(C)CC1CC(O)CN1CCC(=O)c1ccc(F)cc1. The molecule has 116 valence electrons. The first-order valence-corrected chi connectivity index (χ1v) is 7.31. The molecular weight excluding hydrogens is 271 g/mol. The van der Waals surface area contributed by atoms with Crippen LogP contribution >= 0.6 is 0 Å². The second-order valence-electron chi connectivity index (χ2n) is 5.98. The van der Waals surface area contributed by atoms with Crippen molar-refractivity contribution < 1.29 is 14.3 Å². The molecule has 1 aliphatic rings. The van der Waals surface area contributed by atoms with Gasteiger partial charge in [0.2, 0.25) is 0 Å². The topological polar surface area (TPSA) is 43.8 Å². The minimum absolute atomic E-state index is 0.0139. The third-order valence-corrected chi connectivity index (χ3v) is 3.87. The average Bonchev–Trinajstić information content (AvgIpc) is 2.76. The van der Waals surface area contributed by atoms with Crippen molar-refractivity contribution in [2.45, 2.75) is 25.0 Å². The number of nitrogens with zero attached hydrogens (tertiary/aromatic N) is 2. The van der Waals surface area contributed by atoms with Crippen LogP contribution in [0.4, 0.5) is 4.39 Å². The molecule has 1 aliphatic heterocycles. The number of aliphatic hydroxyl groups excluding tert-OH is 1. The Morgan fingerprint density at radius 2 is 2.05 bits per heavy atom. The Morgan fingerprint density at radius 1 is 1.38 bits per heavy atom. The molecule has 2 unspecified atom stereocenters. The van der Waals surface area contributed by atoms with Crippen molar-refractivity contribution in [1.29, 1.82) is 0 Å². The van der Waals surface area contributed by atoms with E-state index < -0.39 is 0 Å². The zero-order valence-corrected chi connectivity index (χ0v) is 12.6. The van der Waals surface area contributed by atoms with Gasteiger partial charge >= 0.3 is 0 Å². The van der Waals surface area contributed by atoms with Crippen molar-refractivity contribution in [2.75, 3.05) is 33.7 Å². The first kappa shape index (κ1) is 16.1. The second kappa shape index (κ2) is 7.11. The Labute approximate surface area is 125 Å². The number of hydrogen-bond donors (Lipinski definition) is 1. The van der Waals surface area contributed by atoms with Crippen LogP contribution < -0.4 is 0 Å². The van der Waals surface area contributed by atoms with Crippen LogP contribution in [0.2, 0.25) is 0 Å². The predicted molar refractivity (Wildman–Crippen MR) is 79.9 cm³/mol. The van der Waals surface area contributed by atoms with E-state index in [2.05, 4.69) is 9.80 Å². The van der Waals surface area contributed by atoms with Gasteiger partial charge in [-0.05, 0) is 44.8 Å². The van der Waals surface area contributed by atoms with E-state index in [1.807, 2.05) is 14.1 Å². The zero-order chi connectivity index (χ0) is 15.4. The van der Waals surface area contributed by atoms with Gasteiger partial charge in [0.25, 0.3) is 0 Å². The predicted octanol–water partition coefficient (Wildman–Crippen LogP) is 1.40. The molecule has 2 atom stereocenters. The van der Waals surface area contributed by atoms with E-state index in [4.69, 9.17) is 0 Å². The summed E-state index contributed by atoms with van der Waals surface area (Å²) in [7, 11) is 4.01. The van der Waals surface area contributed by atoms with Crippen LogP contribution in [-0.2, 0) is 0 Å². The average molecular weight is 294 g/mol. The van der Waals surface area contributed by atoms with Crippen molar-refractivity contribution in [3.05, 3.63) is 35.6 Å². The first-order chi connectivity index (χ1) is 9.95. The molecule has 1 N–H and O–H groups in total. The highest BCUT2D eigenvalue weighted by Gasteiger charge is 2.31. The summed E-state index contributed by atoms with van der Waals surface area (Å²) in [6.45, 7) is 2.13. The zero-order valence-electron chi connectivity index (χ0n) is 12.6. The Kier molecular flexibility index (Phi) is 5.45. The van der Waals surface area contributed by atoms with Crippen LogP contribution in [0.5, 0.6) is 0 Å². The number of hydrogen-bond acceptors (Lipinski definition) is 4. The lowest BCUT2D eigenvalue weighted by Crippen LogP contribution is -2.38. The summed E-state index contributed by atoms with van der Waals surface area (Å²) in [5.41, 5.74) is 0.542. The monoisotopic (exact) mass is 294 g/mol. The number of benzene rings is 1. The van der Waals surface area contributed by atoms with Gasteiger partial charge in [-0.25, -0.2) is 4.39 Å². The third-order valence-electron chi connectivity index (χ3n) is 3.87. The number of likely N-dealkylation sites (N-methyl/N-ethyl adjacent to an activating group) is 1. The van der Waals surface area contributed by atoms with Gasteiger partial charge in [0.1, 0.15) is 5.82 Å². The molecule has 0 amide bonds. The highest BCUT2D eigenvalue weighted by atomic mass is 19.1. The lowest BCUT2D eigenvalue weighted by molar-refractivity contribution is 0.0952. The van der Waals surface area contributed by atoms with Gasteiger partial charge in [0.15, 0.2) is 5.78 Å². The maximum Gasteiger partial charge on any atom is 0.164 e. The van der Waals surface area contributed by atoms with Crippen LogP contribution in [-0.4, -0.2) is 66.6 Å². The molecule has 0 aliphatic carbocycles. The molecule has 1 saturated heterocycles. The number of β-amino-alcohol motifs (C(OH)–C–C–N with tert-alkyl or cyclic N) is 1. The summed E-state index contributed by atoms with van der Waals surface area (Å²) < 4.78 is 12.8. The Morgan fingerprint density at radius 3 is 2.67 bits per heavy atom. The molecule has 0 bridgehead atoms. The molecule has 0 saturated carbocycles. The summed E-state index contributed by atoms with van der Waals surface area (Å²) in [6.07, 6.45) is 0.835. The fourth-order valence-corrected chi connectivity index (χ4v) is 2.87. The smallest absolute Gasteiger partial charge is 0.164 e. The largest absolute Gasteiger partial charge is 0.392 e. The summed E-state index contributed by atoms with van der Waals surface area (Å²) in [4.78, 5) is 16.4. The molecule has 21 heavy (non-hydrogen) atoms. The van der Waals surface area contributed by atoms with Gasteiger partial charge in [-0.1, -0.05) is 0 Å². The van der Waals surface area contributed by atoms with E-state index in [1.165, 1.54) is 24.3 Å². The summed E-state index contributed by atoms with van der Waals surface area (Å²) >= 11 is 0. The Balaban J connectivity index is 1.89.